The van der Waals surface area contributed by atoms with Crippen molar-refractivity contribution >= 4 is 33.0 Å². The van der Waals surface area contributed by atoms with E-state index in [0.29, 0.717) is 5.92 Å². The summed E-state index contributed by atoms with van der Waals surface area (Å²) in [4.78, 5) is 8.40. The highest BCUT2D eigenvalue weighted by Crippen LogP contribution is 2.19. The van der Waals surface area contributed by atoms with E-state index >= 15 is 0 Å². The molecule has 0 saturated carbocycles. The van der Waals surface area contributed by atoms with Crippen molar-refractivity contribution in [3.8, 4) is 0 Å². The van der Waals surface area contributed by atoms with E-state index in [1.54, 1.807) is 17.5 Å². The van der Waals surface area contributed by atoms with Crippen LogP contribution in [0, 0.1) is 0 Å². The first-order chi connectivity index (χ1) is 7.75. The lowest BCUT2D eigenvalue weighted by Crippen LogP contribution is -2.09. The predicted molar refractivity (Wildman–Crippen MR) is 71.0 cm³/mol. The molecule has 0 aliphatic rings. The Bertz CT molecular complexity index is 444. The molecule has 0 amide bonds. The van der Waals surface area contributed by atoms with Crippen LogP contribution < -0.4 is 5.32 Å². The van der Waals surface area contributed by atoms with Gasteiger partial charge in [-0.25, -0.2) is 4.98 Å². The monoisotopic (exact) mass is 297 g/mol. The molecule has 0 unspecified atom stereocenters. The van der Waals surface area contributed by atoms with Crippen LogP contribution in [0.25, 0.3) is 0 Å². The molecule has 0 aromatic carbocycles. The third kappa shape index (κ3) is 3.02. The van der Waals surface area contributed by atoms with Crippen LogP contribution in [0.15, 0.2) is 34.5 Å². The summed E-state index contributed by atoms with van der Waals surface area (Å²) in [6.45, 7) is 3.03. The van der Waals surface area contributed by atoms with Crippen molar-refractivity contribution in [1.29, 1.82) is 0 Å². The number of halogens is 1. The second-order valence-corrected chi connectivity index (χ2v) is 5.39. The van der Waals surface area contributed by atoms with E-state index in [4.69, 9.17) is 0 Å². The lowest BCUT2D eigenvalue weighted by molar-refractivity contribution is 0.794. The Morgan fingerprint density at radius 1 is 1.50 bits per heavy atom. The minimum absolute atomic E-state index is 0.416. The third-order valence-corrected chi connectivity index (χ3v) is 3.63. The van der Waals surface area contributed by atoms with Crippen molar-refractivity contribution in [3.05, 3.63) is 39.5 Å². The number of rotatable bonds is 4. The van der Waals surface area contributed by atoms with Gasteiger partial charge in [0.2, 0.25) is 0 Å². The first-order valence-electron chi connectivity index (χ1n) is 4.99. The maximum absolute atomic E-state index is 4.30. The van der Waals surface area contributed by atoms with Gasteiger partial charge in [-0.05, 0) is 22.0 Å². The van der Waals surface area contributed by atoms with Gasteiger partial charge in [0, 0.05) is 34.7 Å². The molecule has 2 aromatic heterocycles. The fraction of sp³-hybridized carbons (Fsp3) is 0.273. The summed E-state index contributed by atoms with van der Waals surface area (Å²) in [5.74, 6) is 0.416. The van der Waals surface area contributed by atoms with Gasteiger partial charge in [0.1, 0.15) is 0 Å². The summed E-state index contributed by atoms with van der Waals surface area (Å²) in [6, 6.07) is 2.02. The van der Waals surface area contributed by atoms with Gasteiger partial charge in [0.15, 0.2) is 0 Å². The summed E-state index contributed by atoms with van der Waals surface area (Å²) in [6.07, 6.45) is 5.44. The molecule has 0 aliphatic heterocycles. The fourth-order valence-electron chi connectivity index (χ4n) is 1.34. The van der Waals surface area contributed by atoms with Crippen molar-refractivity contribution in [2.24, 2.45) is 0 Å². The second-order valence-electron chi connectivity index (χ2n) is 3.54. The van der Waals surface area contributed by atoms with Gasteiger partial charge in [-0.3, -0.25) is 4.98 Å². The molecule has 16 heavy (non-hydrogen) atoms. The van der Waals surface area contributed by atoms with Gasteiger partial charge < -0.3 is 5.32 Å². The van der Waals surface area contributed by atoms with Crippen molar-refractivity contribution in [2.75, 3.05) is 11.9 Å². The molecule has 3 nitrogen and oxygen atoms in total. The number of anilines is 1. The molecule has 0 fully saturated rings. The highest BCUT2D eigenvalue weighted by atomic mass is 79.9. The minimum Gasteiger partial charge on any atom is -0.383 e. The number of nitrogens with one attached hydrogen (secondary N) is 1. The topological polar surface area (TPSA) is 37.8 Å². The average Bonchev–Trinajstić information content (AvgIpc) is 2.79. The van der Waals surface area contributed by atoms with Crippen molar-refractivity contribution in [2.45, 2.75) is 12.8 Å². The Morgan fingerprint density at radius 2 is 2.38 bits per heavy atom. The molecular weight excluding hydrogens is 286 g/mol. The summed E-state index contributed by atoms with van der Waals surface area (Å²) in [5, 5.41) is 6.52. The largest absolute Gasteiger partial charge is 0.383 e. The lowest BCUT2D eigenvalue weighted by Gasteiger charge is -2.10. The molecule has 0 aliphatic carbocycles. The standard InChI is InChI=1S/C11H12BrN3S/c1-8(11-14-2-3-16-11)5-15-10-4-9(12)6-13-7-10/h2-4,6-8,15H,5H2,1H3/t8-/m1/s1. The Kier molecular flexibility index (Phi) is 3.90. The van der Waals surface area contributed by atoms with E-state index < -0.39 is 0 Å². The zero-order chi connectivity index (χ0) is 11.4. The molecule has 2 heterocycles. The van der Waals surface area contributed by atoms with E-state index in [1.165, 1.54) is 0 Å². The van der Waals surface area contributed by atoms with Crippen LogP contribution in [0.3, 0.4) is 0 Å². The van der Waals surface area contributed by atoms with E-state index in [9.17, 15) is 0 Å². The molecule has 0 bridgehead atoms. The minimum atomic E-state index is 0.416. The smallest absolute Gasteiger partial charge is 0.0970 e. The summed E-state index contributed by atoms with van der Waals surface area (Å²) < 4.78 is 0.986. The molecule has 2 aromatic rings. The van der Waals surface area contributed by atoms with E-state index in [2.05, 4.69) is 38.1 Å². The Hall–Kier alpha value is -0.940. The van der Waals surface area contributed by atoms with E-state index in [-0.39, 0.29) is 0 Å². The van der Waals surface area contributed by atoms with Crippen LogP contribution in [-0.2, 0) is 0 Å². The summed E-state index contributed by atoms with van der Waals surface area (Å²) in [5.41, 5.74) is 1.03. The first kappa shape index (κ1) is 11.5. The zero-order valence-electron chi connectivity index (χ0n) is 8.85. The predicted octanol–water partition coefficient (Wildman–Crippen LogP) is 3.52. The lowest BCUT2D eigenvalue weighted by atomic mass is 10.2. The third-order valence-electron chi connectivity index (χ3n) is 2.19. The molecule has 1 atom stereocenters. The molecule has 0 saturated heterocycles. The van der Waals surface area contributed by atoms with Crippen LogP contribution >= 0.6 is 27.3 Å². The quantitative estimate of drug-likeness (QED) is 0.938. The number of pyridine rings is 1. The Morgan fingerprint density at radius 3 is 3.06 bits per heavy atom. The van der Waals surface area contributed by atoms with Crippen LogP contribution in [0.4, 0.5) is 5.69 Å². The molecule has 5 heteroatoms. The number of hydrogen-bond donors (Lipinski definition) is 1. The van der Waals surface area contributed by atoms with Crippen molar-refractivity contribution in [1.82, 2.24) is 9.97 Å². The Balaban J connectivity index is 1.92. The van der Waals surface area contributed by atoms with Crippen LogP contribution in [0.5, 0.6) is 0 Å². The van der Waals surface area contributed by atoms with Crippen LogP contribution in [0.2, 0.25) is 0 Å². The van der Waals surface area contributed by atoms with Crippen LogP contribution in [-0.4, -0.2) is 16.5 Å². The highest BCUT2D eigenvalue weighted by molar-refractivity contribution is 9.10. The van der Waals surface area contributed by atoms with Gasteiger partial charge >= 0.3 is 0 Å². The van der Waals surface area contributed by atoms with Gasteiger partial charge in [-0.1, -0.05) is 6.92 Å². The first-order valence-corrected chi connectivity index (χ1v) is 6.67. The number of nitrogens with zero attached hydrogens (tertiary/aromatic N) is 2. The molecule has 84 valence electrons. The SMILES string of the molecule is C[C@H](CNc1cncc(Br)c1)c1nccs1. The zero-order valence-corrected chi connectivity index (χ0v) is 11.3. The van der Waals surface area contributed by atoms with Gasteiger partial charge in [-0.15, -0.1) is 11.3 Å². The number of hydrogen-bond acceptors (Lipinski definition) is 4. The number of aromatic nitrogens is 2. The maximum Gasteiger partial charge on any atom is 0.0970 e. The van der Waals surface area contributed by atoms with E-state index in [1.807, 2.05) is 23.8 Å². The van der Waals surface area contributed by atoms with Crippen molar-refractivity contribution in [3.63, 3.8) is 0 Å². The average molecular weight is 298 g/mol. The summed E-state index contributed by atoms with van der Waals surface area (Å²) >= 11 is 5.09. The summed E-state index contributed by atoms with van der Waals surface area (Å²) in [7, 11) is 0. The van der Waals surface area contributed by atoms with Crippen molar-refractivity contribution < 1.29 is 0 Å². The van der Waals surface area contributed by atoms with Gasteiger partial charge in [-0.2, -0.15) is 0 Å². The van der Waals surface area contributed by atoms with Crippen LogP contribution in [0.1, 0.15) is 17.8 Å². The molecule has 0 radical (unpaired) electrons. The normalized spacial score (nSPS) is 12.4. The fourth-order valence-corrected chi connectivity index (χ4v) is 2.41. The molecule has 1 N–H and O–H groups in total. The van der Waals surface area contributed by atoms with Gasteiger partial charge in [0.25, 0.3) is 0 Å². The second kappa shape index (κ2) is 5.41. The van der Waals surface area contributed by atoms with E-state index in [0.717, 1.165) is 21.7 Å². The molecular formula is C11H12BrN3S. The molecule has 2 rings (SSSR count). The highest BCUT2D eigenvalue weighted by Gasteiger charge is 2.07. The maximum atomic E-state index is 4.30. The number of thiazole rings is 1. The Labute approximate surface area is 107 Å². The van der Waals surface area contributed by atoms with Gasteiger partial charge in [0.05, 0.1) is 16.9 Å². The molecule has 0 spiro atoms.